The fraction of sp³-hybridized carbons (Fsp3) is 0.652. The van der Waals surface area contributed by atoms with E-state index >= 15 is 0 Å². The first-order valence-corrected chi connectivity index (χ1v) is 10.7. The van der Waals surface area contributed by atoms with Gasteiger partial charge in [0.2, 0.25) is 0 Å². The smallest absolute Gasteiger partial charge is 0.412 e. The molecule has 1 aromatic rings. The van der Waals surface area contributed by atoms with Crippen molar-refractivity contribution >= 4 is 17.9 Å². The third-order valence-electron chi connectivity index (χ3n) is 4.48. The molecule has 0 saturated carbocycles. The highest BCUT2D eigenvalue weighted by Gasteiger charge is 2.32. The molecule has 0 aromatic heterocycles. The summed E-state index contributed by atoms with van der Waals surface area (Å²) in [7, 11) is 0. The number of benzene rings is 1. The number of aryl methyl sites for hydroxylation is 1. The van der Waals surface area contributed by atoms with E-state index in [2.05, 4.69) is 5.32 Å². The number of aliphatic hydroxyl groups excluding tert-OH is 1. The summed E-state index contributed by atoms with van der Waals surface area (Å²) in [6.45, 7) is 11.4. The summed E-state index contributed by atoms with van der Waals surface area (Å²) in [6.07, 6.45) is -0.398. The summed E-state index contributed by atoms with van der Waals surface area (Å²) in [5, 5.41) is 12.4. The van der Waals surface area contributed by atoms with Gasteiger partial charge in [-0.15, -0.1) is 0 Å². The van der Waals surface area contributed by atoms with Crippen LogP contribution in [0.15, 0.2) is 24.3 Å². The number of carbonyl (C=O) groups excluding carboxylic acids is 2. The molecule has 8 heteroatoms. The Morgan fingerprint density at radius 2 is 1.68 bits per heavy atom. The average molecular weight is 437 g/mol. The quantitative estimate of drug-likeness (QED) is 0.725. The maximum Gasteiger partial charge on any atom is 0.412 e. The zero-order chi connectivity index (χ0) is 23.2. The van der Waals surface area contributed by atoms with Gasteiger partial charge in [0.25, 0.3) is 0 Å². The lowest BCUT2D eigenvalue weighted by Gasteiger charge is -2.38. The lowest BCUT2D eigenvalue weighted by molar-refractivity contribution is -0.104. The molecule has 8 nitrogen and oxygen atoms in total. The van der Waals surface area contributed by atoms with Crippen LogP contribution < -0.4 is 5.32 Å². The predicted octanol–water partition coefficient (Wildman–Crippen LogP) is 3.96. The molecule has 0 spiro atoms. The van der Waals surface area contributed by atoms with Crippen molar-refractivity contribution < 1.29 is 28.9 Å². The maximum atomic E-state index is 12.5. The van der Waals surface area contributed by atoms with E-state index in [1.54, 1.807) is 4.90 Å². The number of carbonyl (C=O) groups is 2. The Balaban J connectivity index is 2.01. The number of nitrogens with zero attached hydrogens (tertiary/aromatic N) is 1. The highest BCUT2D eigenvalue weighted by Crippen LogP contribution is 2.23. The summed E-state index contributed by atoms with van der Waals surface area (Å²) in [6, 6.07) is 7.51. The molecule has 0 radical (unpaired) electrons. The van der Waals surface area contributed by atoms with Crippen molar-refractivity contribution in [1.82, 2.24) is 4.90 Å². The molecule has 2 amide bonds. The zero-order valence-electron chi connectivity index (χ0n) is 19.4. The van der Waals surface area contributed by atoms with Crippen molar-refractivity contribution in [2.45, 2.75) is 77.8 Å². The van der Waals surface area contributed by atoms with E-state index in [0.29, 0.717) is 31.6 Å². The van der Waals surface area contributed by atoms with Crippen LogP contribution in [0.4, 0.5) is 15.3 Å². The minimum Gasteiger partial charge on any atom is -0.444 e. The van der Waals surface area contributed by atoms with Crippen molar-refractivity contribution in [2.75, 3.05) is 25.0 Å². The molecule has 1 saturated heterocycles. The summed E-state index contributed by atoms with van der Waals surface area (Å²) >= 11 is 0. The van der Waals surface area contributed by atoms with Gasteiger partial charge < -0.3 is 24.2 Å². The highest BCUT2D eigenvalue weighted by molar-refractivity contribution is 5.85. The highest BCUT2D eigenvalue weighted by atomic mass is 16.6. The van der Waals surface area contributed by atoms with E-state index in [1.807, 2.05) is 65.8 Å². The molecule has 2 N–H and O–H groups in total. The van der Waals surface area contributed by atoms with Gasteiger partial charge in [-0.2, -0.15) is 0 Å². The number of anilines is 1. The zero-order valence-corrected chi connectivity index (χ0v) is 19.4. The third kappa shape index (κ3) is 8.75. The van der Waals surface area contributed by atoms with Gasteiger partial charge >= 0.3 is 12.2 Å². The SMILES string of the molecule is CC(C)(C)OC(=O)Nc1ccccc1CC[C@@H]1CN(C(=O)OC(C)(C)C)C[C@@H](CO)O1. The van der Waals surface area contributed by atoms with Gasteiger partial charge in [0.15, 0.2) is 0 Å². The molecule has 2 atom stereocenters. The average Bonchev–Trinajstić information content (AvgIpc) is 2.64. The van der Waals surface area contributed by atoms with E-state index in [1.165, 1.54) is 0 Å². The van der Waals surface area contributed by atoms with Gasteiger partial charge in [-0.3, -0.25) is 5.32 Å². The Bertz CT molecular complexity index is 753. The van der Waals surface area contributed by atoms with Crippen molar-refractivity contribution in [3.05, 3.63) is 29.8 Å². The topological polar surface area (TPSA) is 97.3 Å². The number of para-hydroxylation sites is 1. The second-order valence-electron chi connectivity index (χ2n) is 9.77. The minimum atomic E-state index is -0.591. The number of rotatable bonds is 5. The Morgan fingerprint density at radius 1 is 1.06 bits per heavy atom. The molecule has 1 aromatic carbocycles. The van der Waals surface area contributed by atoms with E-state index in [9.17, 15) is 14.7 Å². The van der Waals surface area contributed by atoms with Gasteiger partial charge in [-0.05, 0) is 66.0 Å². The molecule has 1 heterocycles. The van der Waals surface area contributed by atoms with E-state index in [4.69, 9.17) is 14.2 Å². The molecule has 0 bridgehead atoms. The van der Waals surface area contributed by atoms with Gasteiger partial charge in [-0.25, -0.2) is 9.59 Å². The Hall–Kier alpha value is -2.32. The fourth-order valence-electron chi connectivity index (χ4n) is 3.25. The number of aliphatic hydroxyl groups is 1. The number of amides is 2. The third-order valence-corrected chi connectivity index (χ3v) is 4.48. The molecule has 1 fully saturated rings. The summed E-state index contributed by atoms with van der Waals surface area (Å²) in [4.78, 5) is 26.2. The lowest BCUT2D eigenvalue weighted by Crippen LogP contribution is -2.52. The largest absolute Gasteiger partial charge is 0.444 e. The minimum absolute atomic E-state index is 0.174. The van der Waals surface area contributed by atoms with Crippen LogP contribution in [0, 0.1) is 0 Å². The van der Waals surface area contributed by atoms with E-state index < -0.39 is 29.5 Å². The van der Waals surface area contributed by atoms with Gasteiger partial charge in [0.05, 0.1) is 31.9 Å². The fourth-order valence-corrected chi connectivity index (χ4v) is 3.25. The molecule has 0 unspecified atom stereocenters. The van der Waals surface area contributed by atoms with E-state index in [0.717, 1.165) is 5.56 Å². The molecule has 2 rings (SSSR count). The second kappa shape index (κ2) is 10.3. The standard InChI is InChI=1S/C23H36N2O6/c1-22(2,3)30-20(27)24-19-10-8-7-9-16(19)11-12-17-13-25(14-18(15-26)29-17)21(28)31-23(4,5)6/h7-10,17-18,26H,11-15H2,1-6H3,(H,24,27)/t17-,18+/m1/s1. The summed E-state index contributed by atoms with van der Waals surface area (Å²) < 4.78 is 16.8. The van der Waals surface area contributed by atoms with Crippen LogP contribution in [0.25, 0.3) is 0 Å². The van der Waals surface area contributed by atoms with Gasteiger partial charge in [0, 0.05) is 5.69 Å². The van der Waals surface area contributed by atoms with Crippen LogP contribution in [0.1, 0.15) is 53.5 Å². The summed E-state index contributed by atoms with van der Waals surface area (Å²) in [5.74, 6) is 0. The number of morpholine rings is 1. The lowest BCUT2D eigenvalue weighted by atomic mass is 10.0. The van der Waals surface area contributed by atoms with Crippen LogP contribution in [0.3, 0.4) is 0 Å². The van der Waals surface area contributed by atoms with Crippen LogP contribution in [-0.4, -0.2) is 65.3 Å². The maximum absolute atomic E-state index is 12.5. The first-order chi connectivity index (χ1) is 14.4. The van der Waals surface area contributed by atoms with Crippen LogP contribution in [0.2, 0.25) is 0 Å². The first-order valence-electron chi connectivity index (χ1n) is 10.7. The monoisotopic (exact) mass is 436 g/mol. The number of hydrogen-bond donors (Lipinski definition) is 2. The molecule has 1 aliphatic heterocycles. The number of nitrogens with one attached hydrogen (secondary N) is 1. The van der Waals surface area contributed by atoms with Crippen molar-refractivity contribution in [2.24, 2.45) is 0 Å². The van der Waals surface area contributed by atoms with Gasteiger partial charge in [-0.1, -0.05) is 18.2 Å². The van der Waals surface area contributed by atoms with Crippen LogP contribution in [0.5, 0.6) is 0 Å². The number of ether oxygens (including phenoxy) is 3. The molecule has 31 heavy (non-hydrogen) atoms. The molecule has 0 aliphatic carbocycles. The molecule has 174 valence electrons. The molecular weight excluding hydrogens is 400 g/mol. The normalized spacial score (nSPS) is 19.6. The first kappa shape index (κ1) is 24.9. The Labute approximate surface area is 184 Å². The van der Waals surface area contributed by atoms with Crippen molar-refractivity contribution in [1.29, 1.82) is 0 Å². The Morgan fingerprint density at radius 3 is 2.29 bits per heavy atom. The molecular formula is C23H36N2O6. The second-order valence-corrected chi connectivity index (χ2v) is 9.77. The predicted molar refractivity (Wildman–Crippen MR) is 118 cm³/mol. The van der Waals surface area contributed by atoms with E-state index in [-0.39, 0.29) is 12.7 Å². The van der Waals surface area contributed by atoms with Crippen LogP contribution >= 0.6 is 0 Å². The summed E-state index contributed by atoms with van der Waals surface area (Å²) in [5.41, 5.74) is 0.438. The molecule has 1 aliphatic rings. The number of hydrogen-bond acceptors (Lipinski definition) is 6. The van der Waals surface area contributed by atoms with Crippen molar-refractivity contribution in [3.63, 3.8) is 0 Å². The van der Waals surface area contributed by atoms with Gasteiger partial charge in [0.1, 0.15) is 11.2 Å². The van der Waals surface area contributed by atoms with Crippen LogP contribution in [-0.2, 0) is 20.6 Å². The van der Waals surface area contributed by atoms with Crippen molar-refractivity contribution in [3.8, 4) is 0 Å². The Kier molecular flexibility index (Phi) is 8.31.